The molecule has 2 aliphatic heterocycles. The van der Waals surface area contributed by atoms with Crippen LogP contribution < -0.4 is 4.90 Å². The molecule has 0 unspecified atom stereocenters. The van der Waals surface area contributed by atoms with Gasteiger partial charge in [-0.05, 0) is 61.2 Å². The van der Waals surface area contributed by atoms with Crippen LogP contribution in [0.15, 0.2) is 72.8 Å². The van der Waals surface area contributed by atoms with Gasteiger partial charge >= 0.3 is 12.0 Å². The molecule has 0 aromatic heterocycles. The van der Waals surface area contributed by atoms with Gasteiger partial charge in [-0.3, -0.25) is 14.5 Å². The van der Waals surface area contributed by atoms with E-state index in [0.29, 0.717) is 60.4 Å². The molecular weight excluding hydrogens is 623 g/mol. The summed E-state index contributed by atoms with van der Waals surface area (Å²) in [5.74, 6) is -1.03. The van der Waals surface area contributed by atoms with Crippen LogP contribution in [0.5, 0.6) is 0 Å². The third-order valence-corrected chi connectivity index (χ3v) is 8.51. The van der Waals surface area contributed by atoms with Gasteiger partial charge in [0.05, 0.1) is 23.9 Å². The zero-order chi connectivity index (χ0) is 30.6. The molecule has 0 N–H and O–H groups in total. The topological polar surface area (TPSA) is 93.9 Å². The van der Waals surface area contributed by atoms with Crippen LogP contribution in [0, 0.1) is 11.3 Å². The Morgan fingerprint density at radius 2 is 1.70 bits per heavy atom. The Kier molecular flexibility index (Phi) is 10.9. The first-order chi connectivity index (χ1) is 20.8. The Morgan fingerprint density at radius 1 is 1.02 bits per heavy atom. The van der Waals surface area contributed by atoms with E-state index in [0.717, 1.165) is 11.1 Å². The minimum atomic E-state index is -1.24. The van der Waals surface area contributed by atoms with Crippen molar-refractivity contribution in [2.75, 3.05) is 31.1 Å². The molecule has 0 bridgehead atoms. The highest BCUT2D eigenvalue weighted by atomic mass is 35.5. The lowest BCUT2D eigenvalue weighted by Crippen LogP contribution is -2.55. The van der Waals surface area contributed by atoms with Crippen LogP contribution in [-0.4, -0.2) is 59.5 Å². The van der Waals surface area contributed by atoms with Gasteiger partial charge in [0.1, 0.15) is 5.54 Å². The van der Waals surface area contributed by atoms with Crippen molar-refractivity contribution in [3.05, 3.63) is 99.5 Å². The molecule has 0 aliphatic carbocycles. The number of hydrogen-bond donors (Lipinski definition) is 0. The van der Waals surface area contributed by atoms with Gasteiger partial charge in [0, 0.05) is 48.6 Å². The summed E-state index contributed by atoms with van der Waals surface area (Å²) >= 11 is 12.6. The van der Waals surface area contributed by atoms with E-state index in [2.05, 4.69) is 11.0 Å². The van der Waals surface area contributed by atoms with Crippen LogP contribution in [0.4, 0.5) is 10.5 Å². The molecule has 44 heavy (non-hydrogen) atoms. The molecule has 5 rings (SSSR count). The molecule has 8 nitrogen and oxygen atoms in total. The van der Waals surface area contributed by atoms with Gasteiger partial charge in [0.25, 0.3) is 5.91 Å². The van der Waals surface area contributed by atoms with Gasteiger partial charge in [-0.25, -0.2) is 9.69 Å². The largest absolute Gasteiger partial charge is 0.466 e. The number of ether oxygens (including phenoxy) is 1. The molecule has 11 heteroatoms. The van der Waals surface area contributed by atoms with Crippen LogP contribution in [0.3, 0.4) is 0 Å². The van der Waals surface area contributed by atoms with Gasteiger partial charge in [0.2, 0.25) is 0 Å². The zero-order valence-corrected chi connectivity index (χ0v) is 26.6. The van der Waals surface area contributed by atoms with Crippen LogP contribution in [0.1, 0.15) is 48.8 Å². The number of nitriles is 1. The number of urea groups is 1. The van der Waals surface area contributed by atoms with Crippen LogP contribution >= 0.6 is 35.6 Å². The van der Waals surface area contributed by atoms with Crippen LogP contribution in [-0.2, 0) is 20.9 Å². The number of likely N-dealkylation sites (tertiary alicyclic amines) is 1. The summed E-state index contributed by atoms with van der Waals surface area (Å²) in [6, 6.07) is 23.6. The molecule has 2 fully saturated rings. The van der Waals surface area contributed by atoms with Crippen molar-refractivity contribution < 1.29 is 19.1 Å². The molecule has 2 heterocycles. The van der Waals surface area contributed by atoms with E-state index in [-0.39, 0.29) is 43.2 Å². The summed E-state index contributed by atoms with van der Waals surface area (Å²) in [6.07, 6.45) is 1.23. The molecule has 0 radical (unpaired) electrons. The first-order valence-corrected chi connectivity index (χ1v) is 15.1. The lowest BCUT2D eigenvalue weighted by molar-refractivity contribution is -0.143. The SMILES string of the molecule is CCOC(=O)CCCCN1C(=O)N(c2cc(Cl)cc(Cl)c2)C(=O)[C@]12CN(Cc1ccccc1)C[C@H]2c1ccc(C#N)cc1.Cl. The molecule has 230 valence electrons. The first kappa shape index (κ1) is 33.3. The van der Waals surface area contributed by atoms with E-state index in [1.165, 1.54) is 4.90 Å². The van der Waals surface area contributed by atoms with Crippen molar-refractivity contribution in [1.29, 1.82) is 5.26 Å². The van der Waals surface area contributed by atoms with Gasteiger partial charge in [-0.15, -0.1) is 12.4 Å². The number of imide groups is 1. The van der Waals surface area contributed by atoms with Crippen molar-refractivity contribution in [2.45, 2.75) is 44.2 Å². The third-order valence-electron chi connectivity index (χ3n) is 8.07. The molecule has 2 atom stereocenters. The fraction of sp³-hybridized carbons (Fsp3) is 0.333. The number of unbranched alkanes of at least 4 members (excludes halogenated alkanes) is 1. The summed E-state index contributed by atoms with van der Waals surface area (Å²) in [7, 11) is 0. The lowest BCUT2D eigenvalue weighted by atomic mass is 9.80. The summed E-state index contributed by atoms with van der Waals surface area (Å²) < 4.78 is 5.07. The number of nitrogens with zero attached hydrogens (tertiary/aromatic N) is 4. The Labute approximate surface area is 273 Å². The highest BCUT2D eigenvalue weighted by molar-refractivity contribution is 6.35. The van der Waals surface area contributed by atoms with Gasteiger partial charge in [-0.2, -0.15) is 5.26 Å². The van der Waals surface area contributed by atoms with Gasteiger partial charge < -0.3 is 9.64 Å². The van der Waals surface area contributed by atoms with E-state index < -0.39 is 11.6 Å². The minimum absolute atomic E-state index is 0. The lowest BCUT2D eigenvalue weighted by Gasteiger charge is -2.36. The fourth-order valence-corrected chi connectivity index (χ4v) is 6.71. The molecule has 3 amide bonds. The number of esters is 1. The van der Waals surface area contributed by atoms with Gasteiger partial charge in [0.15, 0.2) is 0 Å². The number of rotatable bonds is 10. The Morgan fingerprint density at radius 3 is 2.34 bits per heavy atom. The van der Waals surface area contributed by atoms with E-state index in [4.69, 9.17) is 27.9 Å². The second-order valence-electron chi connectivity index (χ2n) is 10.8. The van der Waals surface area contributed by atoms with Gasteiger partial charge in [-0.1, -0.05) is 65.7 Å². The quantitative estimate of drug-likeness (QED) is 0.135. The van der Waals surface area contributed by atoms with Crippen LogP contribution in [0.2, 0.25) is 10.0 Å². The number of hydrogen-bond acceptors (Lipinski definition) is 6. The zero-order valence-electron chi connectivity index (χ0n) is 24.2. The molecule has 1 spiro atoms. The molecule has 0 saturated carbocycles. The number of anilines is 1. The predicted octanol–water partition coefficient (Wildman–Crippen LogP) is 6.83. The number of benzene rings is 3. The van der Waals surface area contributed by atoms with E-state index in [9.17, 15) is 19.6 Å². The highest BCUT2D eigenvalue weighted by Crippen LogP contribution is 2.48. The van der Waals surface area contributed by atoms with Crippen molar-refractivity contribution >= 4 is 59.2 Å². The molecule has 3 aromatic carbocycles. The van der Waals surface area contributed by atoms with Crippen molar-refractivity contribution in [3.8, 4) is 6.07 Å². The molecule has 2 saturated heterocycles. The van der Waals surface area contributed by atoms with E-state index in [1.54, 1.807) is 42.2 Å². The third kappa shape index (κ3) is 6.72. The highest BCUT2D eigenvalue weighted by Gasteiger charge is 2.65. The standard InChI is InChI=1S/C33H32Cl2N4O4.ClH/c1-2-43-30(40)10-6-7-15-38-32(42)39(28-17-26(34)16-27(35)18-28)31(41)33(38)22-37(20-24-8-4-3-5-9-24)21-29(33)25-13-11-23(19-36)12-14-25;/h3-5,8-9,11-14,16-18,29H,2,6-7,10,15,20-22H2,1H3;1H/t29-,33+;/m0./s1. The number of amides is 3. The smallest absolute Gasteiger partial charge is 0.332 e. The maximum atomic E-state index is 14.7. The second-order valence-corrected chi connectivity index (χ2v) is 11.7. The van der Waals surface area contributed by atoms with E-state index >= 15 is 0 Å². The number of carbonyl (C=O) groups excluding carboxylic acids is 3. The Bertz CT molecular complexity index is 1530. The monoisotopic (exact) mass is 654 g/mol. The van der Waals surface area contributed by atoms with Crippen molar-refractivity contribution in [1.82, 2.24) is 9.80 Å². The average molecular weight is 656 g/mol. The van der Waals surface area contributed by atoms with Crippen molar-refractivity contribution in [3.63, 3.8) is 0 Å². The molecular formula is C33H33Cl3N4O4. The van der Waals surface area contributed by atoms with E-state index in [1.807, 2.05) is 42.5 Å². The Hall–Kier alpha value is -3.61. The number of carbonyl (C=O) groups is 3. The minimum Gasteiger partial charge on any atom is -0.466 e. The Balaban J connectivity index is 0.00000442. The normalized spacial score (nSPS) is 19.7. The maximum Gasteiger partial charge on any atom is 0.332 e. The summed E-state index contributed by atoms with van der Waals surface area (Å²) in [5.41, 5.74) is 1.53. The average Bonchev–Trinajstić information content (AvgIpc) is 3.45. The van der Waals surface area contributed by atoms with Crippen molar-refractivity contribution in [2.24, 2.45) is 0 Å². The van der Waals surface area contributed by atoms with Crippen LogP contribution in [0.25, 0.3) is 0 Å². The fourth-order valence-electron chi connectivity index (χ4n) is 6.20. The summed E-state index contributed by atoms with van der Waals surface area (Å²) in [6.45, 7) is 3.75. The first-order valence-electron chi connectivity index (χ1n) is 14.3. The summed E-state index contributed by atoms with van der Waals surface area (Å²) in [5, 5.41) is 10.0. The summed E-state index contributed by atoms with van der Waals surface area (Å²) in [4.78, 5) is 46.0. The second kappa shape index (κ2) is 14.4. The number of halogens is 3. The molecule has 2 aliphatic rings. The predicted molar refractivity (Wildman–Crippen MR) is 172 cm³/mol. The maximum absolute atomic E-state index is 14.7. The molecule has 3 aromatic rings.